The fourth-order valence-corrected chi connectivity index (χ4v) is 3.70. The fourth-order valence-electron chi connectivity index (χ4n) is 3.70. The molecule has 2 heteroatoms. The molecule has 1 atom stereocenters. The van der Waals surface area contributed by atoms with Crippen LogP contribution in [-0.2, 0) is 0 Å². The Morgan fingerprint density at radius 3 is 1.95 bits per heavy atom. The molecule has 1 heterocycles. The van der Waals surface area contributed by atoms with E-state index in [0.29, 0.717) is 6.61 Å². The number of rotatable bonds is 3. The molecule has 0 radical (unpaired) electrons. The molecule has 0 amide bonds. The number of benzene rings is 1. The summed E-state index contributed by atoms with van der Waals surface area (Å²) in [5, 5.41) is 9.00. The van der Waals surface area contributed by atoms with E-state index in [0.717, 1.165) is 18.5 Å². The molecule has 1 aromatic carbocycles. The van der Waals surface area contributed by atoms with E-state index in [1.807, 2.05) is 36.4 Å². The van der Waals surface area contributed by atoms with Crippen molar-refractivity contribution in [1.29, 1.82) is 0 Å². The summed E-state index contributed by atoms with van der Waals surface area (Å²) in [6.07, 6.45) is 9.93. The Bertz CT molecular complexity index is 308. The number of hydrogen-bond donors (Lipinski definition) is 1. The van der Waals surface area contributed by atoms with E-state index in [-0.39, 0.29) is 0 Å². The van der Waals surface area contributed by atoms with Gasteiger partial charge in [0.2, 0.25) is 0 Å². The predicted octanol–water partition coefficient (Wildman–Crippen LogP) is 3.71. The SMILES string of the molecule is OCCN1CCC[C@@H]1C1CCCCC1.c1ccccc1. The maximum Gasteiger partial charge on any atom is 0.0558 e. The molecule has 20 heavy (non-hydrogen) atoms. The van der Waals surface area contributed by atoms with Gasteiger partial charge in [-0.15, -0.1) is 0 Å². The van der Waals surface area contributed by atoms with Crippen LogP contribution in [0.25, 0.3) is 0 Å². The monoisotopic (exact) mass is 275 g/mol. The van der Waals surface area contributed by atoms with Gasteiger partial charge in [-0.05, 0) is 38.1 Å². The van der Waals surface area contributed by atoms with Crippen LogP contribution in [0.5, 0.6) is 0 Å². The smallest absolute Gasteiger partial charge is 0.0558 e. The minimum Gasteiger partial charge on any atom is -0.395 e. The molecule has 1 saturated carbocycles. The Morgan fingerprint density at radius 1 is 0.800 bits per heavy atom. The maximum absolute atomic E-state index is 9.00. The second kappa shape index (κ2) is 9.15. The Hall–Kier alpha value is -0.860. The first kappa shape index (κ1) is 15.5. The maximum atomic E-state index is 9.00. The summed E-state index contributed by atoms with van der Waals surface area (Å²) in [6, 6.07) is 12.8. The highest BCUT2D eigenvalue weighted by molar-refractivity contribution is 4.99. The topological polar surface area (TPSA) is 23.5 Å². The Kier molecular flexibility index (Phi) is 7.10. The van der Waals surface area contributed by atoms with E-state index in [4.69, 9.17) is 5.11 Å². The highest BCUT2D eigenvalue weighted by Crippen LogP contribution is 2.33. The molecule has 112 valence electrons. The van der Waals surface area contributed by atoms with Crippen molar-refractivity contribution in [3.63, 3.8) is 0 Å². The van der Waals surface area contributed by atoms with Gasteiger partial charge in [0.15, 0.2) is 0 Å². The van der Waals surface area contributed by atoms with Crippen molar-refractivity contribution in [2.75, 3.05) is 19.7 Å². The van der Waals surface area contributed by atoms with Crippen molar-refractivity contribution in [2.24, 2.45) is 5.92 Å². The van der Waals surface area contributed by atoms with Gasteiger partial charge in [-0.2, -0.15) is 0 Å². The highest BCUT2D eigenvalue weighted by Gasteiger charge is 2.31. The molecule has 1 aliphatic carbocycles. The summed E-state index contributed by atoms with van der Waals surface area (Å²) in [5.74, 6) is 0.942. The lowest BCUT2D eigenvalue weighted by Crippen LogP contribution is -2.38. The highest BCUT2D eigenvalue weighted by atomic mass is 16.3. The van der Waals surface area contributed by atoms with Crippen molar-refractivity contribution in [3.8, 4) is 0 Å². The van der Waals surface area contributed by atoms with Crippen LogP contribution >= 0.6 is 0 Å². The van der Waals surface area contributed by atoms with Gasteiger partial charge in [0, 0.05) is 12.6 Å². The van der Waals surface area contributed by atoms with Gasteiger partial charge >= 0.3 is 0 Å². The largest absolute Gasteiger partial charge is 0.395 e. The molecule has 0 aromatic heterocycles. The fraction of sp³-hybridized carbons (Fsp3) is 0.667. The van der Waals surface area contributed by atoms with E-state index in [1.54, 1.807) is 0 Å². The molecule has 2 aliphatic rings. The first-order valence-electron chi connectivity index (χ1n) is 8.26. The first-order valence-corrected chi connectivity index (χ1v) is 8.26. The zero-order valence-electron chi connectivity index (χ0n) is 12.6. The van der Waals surface area contributed by atoms with Gasteiger partial charge in [-0.1, -0.05) is 55.7 Å². The standard InChI is InChI=1S/C12H23NO.C6H6/c14-10-9-13-8-4-7-12(13)11-5-2-1-3-6-11;1-2-4-6-5-3-1/h11-12,14H,1-10H2;1-6H/t12-;/m1./s1. The third kappa shape index (κ3) is 4.92. The van der Waals surface area contributed by atoms with Crippen LogP contribution in [0.3, 0.4) is 0 Å². The van der Waals surface area contributed by atoms with E-state index >= 15 is 0 Å². The van der Waals surface area contributed by atoms with E-state index in [2.05, 4.69) is 4.90 Å². The Labute approximate surface area is 123 Å². The molecule has 1 N–H and O–H groups in total. The van der Waals surface area contributed by atoms with Crippen molar-refractivity contribution >= 4 is 0 Å². The quantitative estimate of drug-likeness (QED) is 0.909. The Balaban J connectivity index is 0.000000205. The van der Waals surface area contributed by atoms with E-state index < -0.39 is 0 Å². The van der Waals surface area contributed by atoms with Gasteiger partial charge in [0.1, 0.15) is 0 Å². The zero-order chi connectivity index (χ0) is 14.0. The summed E-state index contributed by atoms with van der Waals surface area (Å²) in [6.45, 7) is 2.46. The van der Waals surface area contributed by atoms with Crippen LogP contribution in [0.1, 0.15) is 44.9 Å². The summed E-state index contributed by atoms with van der Waals surface area (Å²) in [5.41, 5.74) is 0. The summed E-state index contributed by atoms with van der Waals surface area (Å²) < 4.78 is 0. The number of β-amino-alcohol motifs (C(OH)–C–C–N with tert-alkyl or cyclic N) is 1. The van der Waals surface area contributed by atoms with Gasteiger partial charge in [0.05, 0.1) is 6.61 Å². The van der Waals surface area contributed by atoms with Crippen LogP contribution in [0.15, 0.2) is 36.4 Å². The number of aliphatic hydroxyl groups is 1. The second-order valence-corrected chi connectivity index (χ2v) is 6.02. The normalized spacial score (nSPS) is 24.1. The molecular formula is C18H29NO. The van der Waals surface area contributed by atoms with Crippen LogP contribution in [0.4, 0.5) is 0 Å². The third-order valence-corrected chi connectivity index (χ3v) is 4.66. The van der Waals surface area contributed by atoms with E-state index in [1.165, 1.54) is 51.5 Å². The number of hydrogen-bond acceptors (Lipinski definition) is 2. The molecular weight excluding hydrogens is 246 g/mol. The Morgan fingerprint density at radius 2 is 1.40 bits per heavy atom. The van der Waals surface area contributed by atoms with Crippen LogP contribution in [-0.4, -0.2) is 35.7 Å². The first-order chi connectivity index (χ1) is 9.92. The minimum atomic E-state index is 0.337. The van der Waals surface area contributed by atoms with Crippen molar-refractivity contribution in [3.05, 3.63) is 36.4 Å². The van der Waals surface area contributed by atoms with Gasteiger partial charge in [-0.3, -0.25) is 4.90 Å². The van der Waals surface area contributed by atoms with Crippen molar-refractivity contribution < 1.29 is 5.11 Å². The molecule has 3 rings (SSSR count). The summed E-state index contributed by atoms with van der Waals surface area (Å²) in [4.78, 5) is 2.52. The molecule has 1 aromatic rings. The minimum absolute atomic E-state index is 0.337. The van der Waals surface area contributed by atoms with Crippen LogP contribution in [0.2, 0.25) is 0 Å². The number of aliphatic hydroxyl groups excluding tert-OH is 1. The molecule has 0 unspecified atom stereocenters. The van der Waals surface area contributed by atoms with Crippen LogP contribution in [0, 0.1) is 5.92 Å². The predicted molar refractivity (Wildman–Crippen MR) is 84.7 cm³/mol. The molecule has 1 saturated heterocycles. The number of likely N-dealkylation sites (tertiary alicyclic amines) is 1. The average molecular weight is 275 g/mol. The number of nitrogens with zero attached hydrogens (tertiary/aromatic N) is 1. The summed E-state index contributed by atoms with van der Waals surface area (Å²) in [7, 11) is 0. The van der Waals surface area contributed by atoms with E-state index in [9.17, 15) is 0 Å². The lowest BCUT2D eigenvalue weighted by Gasteiger charge is -2.33. The second-order valence-electron chi connectivity index (χ2n) is 6.02. The molecule has 2 nitrogen and oxygen atoms in total. The molecule has 0 spiro atoms. The lowest BCUT2D eigenvalue weighted by atomic mass is 9.83. The molecule has 2 fully saturated rings. The summed E-state index contributed by atoms with van der Waals surface area (Å²) >= 11 is 0. The molecule has 0 bridgehead atoms. The van der Waals surface area contributed by atoms with Gasteiger partial charge in [-0.25, -0.2) is 0 Å². The average Bonchev–Trinajstić information content (AvgIpc) is 2.99. The van der Waals surface area contributed by atoms with Crippen molar-refractivity contribution in [1.82, 2.24) is 4.90 Å². The third-order valence-electron chi connectivity index (χ3n) is 4.66. The lowest BCUT2D eigenvalue weighted by molar-refractivity contribution is 0.130. The molecule has 1 aliphatic heterocycles. The zero-order valence-corrected chi connectivity index (χ0v) is 12.6. The van der Waals surface area contributed by atoms with Gasteiger partial charge in [0.25, 0.3) is 0 Å². The van der Waals surface area contributed by atoms with Crippen molar-refractivity contribution in [2.45, 2.75) is 51.0 Å². The van der Waals surface area contributed by atoms with Crippen LogP contribution < -0.4 is 0 Å². The van der Waals surface area contributed by atoms with Gasteiger partial charge < -0.3 is 5.11 Å².